The summed E-state index contributed by atoms with van der Waals surface area (Å²) >= 11 is 0. The average Bonchev–Trinajstić information content (AvgIpc) is 2.48. The lowest BCUT2D eigenvalue weighted by molar-refractivity contribution is 0.102. The second-order valence-corrected chi connectivity index (χ2v) is 4.15. The summed E-state index contributed by atoms with van der Waals surface area (Å²) in [5.74, 6) is -0.133. The van der Waals surface area contributed by atoms with Gasteiger partial charge in [0.05, 0.1) is 11.4 Å². The molecular weight excluding hydrogens is 238 g/mol. The number of anilines is 2. The van der Waals surface area contributed by atoms with Gasteiger partial charge in [-0.1, -0.05) is 24.3 Å². The van der Waals surface area contributed by atoms with E-state index in [0.29, 0.717) is 12.1 Å². The van der Waals surface area contributed by atoms with Crippen LogP contribution in [0.15, 0.2) is 48.5 Å². The fraction of sp³-hybridized carbons (Fsp3) is 0.133. The molecule has 0 bridgehead atoms. The number of benzene rings is 2. The number of carbonyl (C=O) groups is 1. The summed E-state index contributed by atoms with van der Waals surface area (Å²) in [6.07, 6.45) is 0. The van der Waals surface area contributed by atoms with E-state index in [9.17, 15) is 4.79 Å². The molecule has 0 unspecified atom stereocenters. The number of rotatable bonds is 4. The van der Waals surface area contributed by atoms with Crippen molar-refractivity contribution in [2.45, 2.75) is 6.54 Å². The van der Waals surface area contributed by atoms with Crippen LogP contribution in [0.3, 0.4) is 0 Å². The summed E-state index contributed by atoms with van der Waals surface area (Å²) in [6.45, 7) is 0.477. The largest absolute Gasteiger partial charge is 0.386 e. The Morgan fingerprint density at radius 2 is 1.68 bits per heavy atom. The van der Waals surface area contributed by atoms with Crippen LogP contribution in [-0.2, 0) is 6.54 Å². The first kappa shape index (κ1) is 13.1. The van der Waals surface area contributed by atoms with Crippen LogP contribution in [0.4, 0.5) is 11.4 Å². The zero-order valence-electron chi connectivity index (χ0n) is 10.8. The number of hydrogen-bond donors (Lipinski definition) is 3. The maximum atomic E-state index is 12.1. The van der Waals surface area contributed by atoms with Crippen molar-refractivity contribution in [3.63, 3.8) is 0 Å². The first-order chi connectivity index (χ1) is 9.24. The normalized spacial score (nSPS) is 10.0. The fourth-order valence-electron chi connectivity index (χ4n) is 1.80. The van der Waals surface area contributed by atoms with Gasteiger partial charge in [0, 0.05) is 19.2 Å². The Bertz CT molecular complexity index is 564. The molecule has 4 N–H and O–H groups in total. The molecule has 0 atom stereocenters. The Hall–Kier alpha value is -2.33. The number of nitrogens with one attached hydrogen (secondary N) is 2. The molecular formula is C15H17N3O. The molecule has 0 aliphatic carbocycles. The highest BCUT2D eigenvalue weighted by atomic mass is 16.1. The number of carbonyl (C=O) groups excluding carboxylic acids is 1. The minimum absolute atomic E-state index is 0.133. The molecule has 0 heterocycles. The topological polar surface area (TPSA) is 67.1 Å². The number of nitrogens with two attached hydrogens (primary N) is 1. The molecule has 1 amide bonds. The van der Waals surface area contributed by atoms with E-state index in [2.05, 4.69) is 10.6 Å². The van der Waals surface area contributed by atoms with E-state index < -0.39 is 0 Å². The first-order valence-corrected chi connectivity index (χ1v) is 6.11. The van der Waals surface area contributed by atoms with Gasteiger partial charge in [-0.25, -0.2) is 0 Å². The summed E-state index contributed by atoms with van der Waals surface area (Å²) in [7, 11) is 1.82. The minimum Gasteiger partial charge on any atom is -0.386 e. The van der Waals surface area contributed by atoms with Crippen molar-refractivity contribution >= 4 is 17.3 Å². The lowest BCUT2D eigenvalue weighted by Crippen LogP contribution is -2.13. The quantitative estimate of drug-likeness (QED) is 0.786. The van der Waals surface area contributed by atoms with Crippen molar-refractivity contribution in [3.8, 4) is 0 Å². The van der Waals surface area contributed by atoms with Crippen molar-refractivity contribution in [2.24, 2.45) is 5.73 Å². The van der Waals surface area contributed by atoms with Crippen LogP contribution >= 0.6 is 0 Å². The van der Waals surface area contributed by atoms with Crippen LogP contribution < -0.4 is 16.4 Å². The van der Waals surface area contributed by atoms with E-state index in [1.54, 1.807) is 12.1 Å². The third-order valence-electron chi connectivity index (χ3n) is 2.90. The number of amides is 1. The Labute approximate surface area is 112 Å². The van der Waals surface area contributed by atoms with Gasteiger partial charge >= 0.3 is 0 Å². The molecule has 98 valence electrons. The van der Waals surface area contributed by atoms with Gasteiger partial charge in [-0.2, -0.15) is 0 Å². The van der Waals surface area contributed by atoms with Gasteiger partial charge in [0.2, 0.25) is 0 Å². The van der Waals surface area contributed by atoms with E-state index in [4.69, 9.17) is 5.73 Å². The maximum absolute atomic E-state index is 12.1. The van der Waals surface area contributed by atoms with Crippen molar-refractivity contribution in [2.75, 3.05) is 17.7 Å². The molecule has 0 fully saturated rings. The Kier molecular flexibility index (Phi) is 4.15. The summed E-state index contributed by atoms with van der Waals surface area (Å²) in [6, 6.07) is 14.8. The van der Waals surface area contributed by atoms with Crippen molar-refractivity contribution < 1.29 is 4.79 Å². The van der Waals surface area contributed by atoms with Gasteiger partial charge in [-0.3, -0.25) is 4.79 Å². The van der Waals surface area contributed by atoms with Crippen LogP contribution in [0.2, 0.25) is 0 Å². The maximum Gasteiger partial charge on any atom is 0.255 e. The molecule has 0 saturated carbocycles. The lowest BCUT2D eigenvalue weighted by Gasteiger charge is -2.10. The molecule has 4 heteroatoms. The molecule has 2 aromatic carbocycles. The van der Waals surface area contributed by atoms with Gasteiger partial charge in [0.25, 0.3) is 5.91 Å². The monoisotopic (exact) mass is 255 g/mol. The Morgan fingerprint density at radius 3 is 2.26 bits per heavy atom. The highest BCUT2D eigenvalue weighted by Gasteiger charge is 2.07. The summed E-state index contributed by atoms with van der Waals surface area (Å²) in [5, 5.41) is 5.92. The minimum atomic E-state index is -0.133. The molecule has 2 aromatic rings. The number of para-hydroxylation sites is 2. The summed E-state index contributed by atoms with van der Waals surface area (Å²) in [5.41, 5.74) is 8.79. The van der Waals surface area contributed by atoms with Crippen molar-refractivity contribution in [1.29, 1.82) is 0 Å². The highest BCUT2D eigenvalue weighted by molar-refractivity contribution is 6.05. The third kappa shape index (κ3) is 3.11. The molecule has 0 radical (unpaired) electrons. The zero-order valence-corrected chi connectivity index (χ0v) is 10.8. The molecule has 2 rings (SSSR count). The lowest BCUT2D eigenvalue weighted by atomic mass is 10.1. The zero-order chi connectivity index (χ0) is 13.7. The summed E-state index contributed by atoms with van der Waals surface area (Å²) in [4.78, 5) is 12.1. The van der Waals surface area contributed by atoms with E-state index in [1.165, 1.54) is 0 Å². The fourth-order valence-corrected chi connectivity index (χ4v) is 1.80. The molecule has 4 nitrogen and oxygen atoms in total. The first-order valence-electron chi connectivity index (χ1n) is 6.11. The van der Waals surface area contributed by atoms with Gasteiger partial charge in [0.1, 0.15) is 0 Å². The molecule has 0 aromatic heterocycles. The SMILES string of the molecule is CNc1ccccc1NC(=O)c1ccc(CN)cc1. The van der Waals surface area contributed by atoms with Crippen LogP contribution in [-0.4, -0.2) is 13.0 Å². The third-order valence-corrected chi connectivity index (χ3v) is 2.90. The predicted octanol–water partition coefficient (Wildman–Crippen LogP) is 2.44. The van der Waals surface area contributed by atoms with Gasteiger partial charge < -0.3 is 16.4 Å². The van der Waals surface area contributed by atoms with E-state index in [1.807, 2.05) is 43.4 Å². The molecule has 0 aliphatic heterocycles. The average molecular weight is 255 g/mol. The smallest absolute Gasteiger partial charge is 0.255 e. The van der Waals surface area contributed by atoms with E-state index >= 15 is 0 Å². The van der Waals surface area contributed by atoms with Crippen LogP contribution in [0.25, 0.3) is 0 Å². The van der Waals surface area contributed by atoms with Crippen molar-refractivity contribution in [1.82, 2.24) is 0 Å². The van der Waals surface area contributed by atoms with Crippen LogP contribution in [0, 0.1) is 0 Å². The second kappa shape index (κ2) is 6.02. The van der Waals surface area contributed by atoms with Gasteiger partial charge in [-0.15, -0.1) is 0 Å². The highest BCUT2D eigenvalue weighted by Crippen LogP contribution is 2.20. The van der Waals surface area contributed by atoms with Crippen molar-refractivity contribution in [3.05, 3.63) is 59.7 Å². The number of hydrogen-bond acceptors (Lipinski definition) is 3. The van der Waals surface area contributed by atoms with Gasteiger partial charge in [0.15, 0.2) is 0 Å². The van der Waals surface area contributed by atoms with Crippen LogP contribution in [0.5, 0.6) is 0 Å². The van der Waals surface area contributed by atoms with E-state index in [0.717, 1.165) is 16.9 Å². The molecule has 0 aliphatic rings. The predicted molar refractivity (Wildman–Crippen MR) is 78.3 cm³/mol. The molecule has 0 saturated heterocycles. The Morgan fingerprint density at radius 1 is 1.05 bits per heavy atom. The van der Waals surface area contributed by atoms with Crippen LogP contribution in [0.1, 0.15) is 15.9 Å². The second-order valence-electron chi connectivity index (χ2n) is 4.15. The summed E-state index contributed by atoms with van der Waals surface area (Å²) < 4.78 is 0. The molecule has 0 spiro atoms. The Balaban J connectivity index is 2.16. The van der Waals surface area contributed by atoms with Gasteiger partial charge in [-0.05, 0) is 29.8 Å². The van der Waals surface area contributed by atoms with E-state index in [-0.39, 0.29) is 5.91 Å². The standard InChI is InChI=1S/C15H17N3O/c1-17-13-4-2-3-5-14(13)18-15(19)12-8-6-11(10-16)7-9-12/h2-9,17H,10,16H2,1H3,(H,18,19). The molecule has 19 heavy (non-hydrogen) atoms.